The number of amides is 1. The van der Waals surface area contributed by atoms with Crippen LogP contribution in [0.15, 0.2) is 0 Å². The molecule has 0 aromatic carbocycles. The van der Waals surface area contributed by atoms with Gasteiger partial charge in [0.1, 0.15) is 0 Å². The Morgan fingerprint density at radius 2 is 1.83 bits per heavy atom. The van der Waals surface area contributed by atoms with Crippen LogP contribution in [0.5, 0.6) is 0 Å². The lowest BCUT2D eigenvalue weighted by Crippen LogP contribution is -2.49. The van der Waals surface area contributed by atoms with Crippen LogP contribution in [0.3, 0.4) is 0 Å². The first-order chi connectivity index (χ1) is 8.54. The topological polar surface area (TPSA) is 49.6 Å². The van der Waals surface area contributed by atoms with Crippen LogP contribution in [-0.2, 0) is 4.79 Å². The molecule has 1 aliphatic heterocycles. The Balaban J connectivity index is 2.51. The van der Waals surface area contributed by atoms with Crippen molar-refractivity contribution >= 4 is 5.91 Å². The van der Waals surface area contributed by atoms with E-state index in [1.165, 1.54) is 0 Å². The summed E-state index contributed by atoms with van der Waals surface area (Å²) in [5, 5.41) is 0. The van der Waals surface area contributed by atoms with Gasteiger partial charge in [-0.3, -0.25) is 4.79 Å². The van der Waals surface area contributed by atoms with Crippen molar-refractivity contribution in [2.75, 3.05) is 39.8 Å². The van der Waals surface area contributed by atoms with Crippen LogP contribution < -0.4 is 5.73 Å². The van der Waals surface area contributed by atoms with Gasteiger partial charge in [0.05, 0.1) is 0 Å². The standard InChI is InChI=1S/C14H29N3O/c1-12(2)11-13(5-4-6-15)14(18)17-9-7-16(3)8-10-17/h12-13H,4-11,15H2,1-3H3. The molecule has 0 bridgehead atoms. The maximum atomic E-state index is 12.5. The maximum absolute atomic E-state index is 12.5. The predicted octanol–water partition coefficient (Wildman–Crippen LogP) is 1.16. The van der Waals surface area contributed by atoms with E-state index >= 15 is 0 Å². The summed E-state index contributed by atoms with van der Waals surface area (Å²) < 4.78 is 0. The van der Waals surface area contributed by atoms with Crippen LogP contribution >= 0.6 is 0 Å². The molecule has 106 valence electrons. The number of carbonyl (C=O) groups excluding carboxylic acids is 1. The molecule has 0 aliphatic carbocycles. The largest absolute Gasteiger partial charge is 0.340 e. The van der Waals surface area contributed by atoms with Gasteiger partial charge in [0.15, 0.2) is 0 Å². The average molecular weight is 255 g/mol. The molecule has 1 aliphatic rings. The molecular weight excluding hydrogens is 226 g/mol. The minimum atomic E-state index is 0.178. The molecule has 18 heavy (non-hydrogen) atoms. The summed E-state index contributed by atoms with van der Waals surface area (Å²) in [6.07, 6.45) is 2.89. The third-order valence-electron chi connectivity index (χ3n) is 3.68. The highest BCUT2D eigenvalue weighted by atomic mass is 16.2. The first kappa shape index (κ1) is 15.4. The van der Waals surface area contributed by atoms with Crippen LogP contribution in [-0.4, -0.2) is 55.5 Å². The minimum Gasteiger partial charge on any atom is -0.340 e. The van der Waals surface area contributed by atoms with Crippen molar-refractivity contribution in [2.45, 2.75) is 33.1 Å². The fraction of sp³-hybridized carbons (Fsp3) is 0.929. The fourth-order valence-corrected chi connectivity index (χ4v) is 2.56. The molecule has 0 radical (unpaired) electrons. The van der Waals surface area contributed by atoms with Gasteiger partial charge < -0.3 is 15.5 Å². The van der Waals surface area contributed by atoms with Crippen molar-refractivity contribution < 1.29 is 4.79 Å². The van der Waals surface area contributed by atoms with Gasteiger partial charge in [-0.1, -0.05) is 13.8 Å². The van der Waals surface area contributed by atoms with Crippen molar-refractivity contribution in [3.63, 3.8) is 0 Å². The Morgan fingerprint density at radius 1 is 1.22 bits per heavy atom. The van der Waals surface area contributed by atoms with Gasteiger partial charge in [-0.2, -0.15) is 0 Å². The minimum absolute atomic E-state index is 0.178. The molecule has 1 heterocycles. The fourth-order valence-electron chi connectivity index (χ4n) is 2.56. The molecule has 0 aromatic heterocycles. The van der Waals surface area contributed by atoms with Crippen LogP contribution in [0, 0.1) is 11.8 Å². The second-order valence-electron chi connectivity index (χ2n) is 5.89. The lowest BCUT2D eigenvalue weighted by atomic mass is 9.91. The zero-order valence-corrected chi connectivity index (χ0v) is 12.2. The summed E-state index contributed by atoms with van der Waals surface area (Å²) in [4.78, 5) is 16.8. The SMILES string of the molecule is CC(C)CC(CCCN)C(=O)N1CCN(C)CC1. The highest BCUT2D eigenvalue weighted by molar-refractivity contribution is 5.79. The van der Waals surface area contributed by atoms with Crippen molar-refractivity contribution in [3.05, 3.63) is 0 Å². The van der Waals surface area contributed by atoms with Crippen LogP contribution in [0.25, 0.3) is 0 Å². The van der Waals surface area contributed by atoms with Crippen molar-refractivity contribution in [1.82, 2.24) is 9.80 Å². The highest BCUT2D eigenvalue weighted by Crippen LogP contribution is 2.20. The molecule has 2 N–H and O–H groups in total. The molecule has 1 saturated heterocycles. The Kier molecular flexibility index (Phi) is 6.65. The zero-order valence-electron chi connectivity index (χ0n) is 12.2. The molecule has 1 rings (SSSR count). The number of rotatable bonds is 6. The van der Waals surface area contributed by atoms with Crippen molar-refractivity contribution in [1.29, 1.82) is 0 Å². The van der Waals surface area contributed by atoms with Crippen LogP contribution in [0.1, 0.15) is 33.1 Å². The molecule has 1 fully saturated rings. The number of carbonyl (C=O) groups is 1. The van der Waals surface area contributed by atoms with Crippen LogP contribution in [0.2, 0.25) is 0 Å². The molecule has 4 nitrogen and oxygen atoms in total. The first-order valence-electron chi connectivity index (χ1n) is 7.22. The second-order valence-corrected chi connectivity index (χ2v) is 5.89. The number of likely N-dealkylation sites (N-methyl/N-ethyl adjacent to an activating group) is 1. The summed E-state index contributed by atoms with van der Waals surface area (Å²) in [7, 11) is 2.11. The van der Waals surface area contributed by atoms with E-state index in [1.54, 1.807) is 0 Å². The molecule has 0 saturated carbocycles. The third-order valence-corrected chi connectivity index (χ3v) is 3.68. The molecule has 4 heteroatoms. The van der Waals surface area contributed by atoms with Gasteiger partial charge in [-0.05, 0) is 38.8 Å². The number of piperazine rings is 1. The van der Waals surface area contributed by atoms with Crippen molar-refractivity contribution in [2.24, 2.45) is 17.6 Å². The molecule has 1 unspecified atom stereocenters. The number of hydrogen-bond donors (Lipinski definition) is 1. The molecular formula is C14H29N3O. The van der Waals surface area contributed by atoms with E-state index in [1.807, 2.05) is 4.90 Å². The van der Waals surface area contributed by atoms with E-state index in [-0.39, 0.29) is 5.92 Å². The summed E-state index contributed by atoms with van der Waals surface area (Å²) in [5.41, 5.74) is 5.57. The molecule has 0 aromatic rings. The zero-order chi connectivity index (χ0) is 13.5. The number of hydrogen-bond acceptors (Lipinski definition) is 3. The third kappa shape index (κ3) is 4.94. The van der Waals surface area contributed by atoms with E-state index in [0.717, 1.165) is 45.4 Å². The summed E-state index contributed by atoms with van der Waals surface area (Å²) in [5.74, 6) is 1.10. The van der Waals surface area contributed by atoms with Gasteiger partial charge in [-0.15, -0.1) is 0 Å². The quantitative estimate of drug-likeness (QED) is 0.775. The number of nitrogens with zero attached hydrogens (tertiary/aromatic N) is 2. The van der Waals surface area contributed by atoms with Gasteiger partial charge in [0.25, 0.3) is 0 Å². The normalized spacial score (nSPS) is 19.3. The summed E-state index contributed by atoms with van der Waals surface area (Å²) in [6, 6.07) is 0. The lowest BCUT2D eigenvalue weighted by molar-refractivity contribution is -0.138. The second kappa shape index (κ2) is 7.74. The molecule has 1 atom stereocenters. The van der Waals surface area contributed by atoms with Gasteiger partial charge in [-0.25, -0.2) is 0 Å². The highest BCUT2D eigenvalue weighted by Gasteiger charge is 2.26. The molecule has 1 amide bonds. The Hall–Kier alpha value is -0.610. The van der Waals surface area contributed by atoms with Crippen LogP contribution in [0.4, 0.5) is 0 Å². The predicted molar refractivity (Wildman–Crippen MR) is 75.3 cm³/mol. The Morgan fingerprint density at radius 3 is 2.33 bits per heavy atom. The van der Waals surface area contributed by atoms with Crippen molar-refractivity contribution in [3.8, 4) is 0 Å². The van der Waals surface area contributed by atoms with Gasteiger partial charge in [0.2, 0.25) is 5.91 Å². The van der Waals surface area contributed by atoms with E-state index < -0.39 is 0 Å². The smallest absolute Gasteiger partial charge is 0.225 e. The Bertz CT molecular complexity index is 247. The average Bonchev–Trinajstić information content (AvgIpc) is 2.34. The molecule has 0 spiro atoms. The van der Waals surface area contributed by atoms with E-state index in [4.69, 9.17) is 5.73 Å². The number of nitrogens with two attached hydrogens (primary N) is 1. The Labute approximate surface area is 111 Å². The van der Waals surface area contributed by atoms with Gasteiger partial charge in [0, 0.05) is 32.1 Å². The lowest BCUT2D eigenvalue weighted by Gasteiger charge is -2.35. The summed E-state index contributed by atoms with van der Waals surface area (Å²) >= 11 is 0. The van der Waals surface area contributed by atoms with Gasteiger partial charge >= 0.3 is 0 Å². The van der Waals surface area contributed by atoms with E-state index in [9.17, 15) is 4.79 Å². The maximum Gasteiger partial charge on any atom is 0.225 e. The first-order valence-corrected chi connectivity index (χ1v) is 7.22. The monoisotopic (exact) mass is 255 g/mol. The summed E-state index contributed by atoms with van der Waals surface area (Å²) in [6.45, 7) is 8.82. The van der Waals surface area contributed by atoms with E-state index in [0.29, 0.717) is 18.4 Å². The van der Waals surface area contributed by atoms with E-state index in [2.05, 4.69) is 25.8 Å².